The summed E-state index contributed by atoms with van der Waals surface area (Å²) in [6.07, 6.45) is 6.85. The van der Waals surface area contributed by atoms with Crippen LogP contribution in [0.2, 0.25) is 0 Å². The zero-order valence-electron chi connectivity index (χ0n) is 14.9. The fourth-order valence-corrected chi connectivity index (χ4v) is 5.80. The van der Waals surface area contributed by atoms with Crippen molar-refractivity contribution in [2.45, 2.75) is 44.1 Å². The summed E-state index contributed by atoms with van der Waals surface area (Å²) in [5, 5.41) is 5.63. The molecule has 136 valence electrons. The second kappa shape index (κ2) is 7.89. The van der Waals surface area contributed by atoms with Gasteiger partial charge in [0.25, 0.3) is 5.91 Å². The van der Waals surface area contributed by atoms with Gasteiger partial charge in [-0.25, -0.2) is 0 Å². The van der Waals surface area contributed by atoms with Crippen molar-refractivity contribution in [1.29, 1.82) is 0 Å². The number of carbonyl (C=O) groups excluding carboxylic acids is 1. The van der Waals surface area contributed by atoms with Crippen LogP contribution in [0.4, 0.5) is 5.69 Å². The number of anilines is 1. The molecule has 1 aromatic carbocycles. The number of hydrogen-bond donors (Lipinski definition) is 1. The van der Waals surface area contributed by atoms with E-state index in [-0.39, 0.29) is 11.4 Å². The van der Waals surface area contributed by atoms with Crippen LogP contribution >= 0.6 is 23.1 Å². The number of rotatable bonds is 4. The molecular formula is C21H24N2OS2. The zero-order valence-corrected chi connectivity index (χ0v) is 16.6. The molecule has 1 aliphatic carbocycles. The summed E-state index contributed by atoms with van der Waals surface area (Å²) < 4.78 is 0. The molecule has 0 spiro atoms. The number of benzene rings is 1. The molecule has 1 unspecified atom stereocenters. The van der Waals surface area contributed by atoms with E-state index in [4.69, 9.17) is 0 Å². The summed E-state index contributed by atoms with van der Waals surface area (Å²) in [6, 6.07) is 14.6. The molecule has 0 radical (unpaired) electrons. The summed E-state index contributed by atoms with van der Waals surface area (Å²) in [4.78, 5) is 17.4. The number of nitrogens with one attached hydrogen (secondary N) is 1. The highest BCUT2D eigenvalue weighted by atomic mass is 32.2. The molecule has 1 amide bonds. The largest absolute Gasteiger partial charge is 0.356 e. The lowest BCUT2D eigenvalue weighted by molar-refractivity contribution is -0.129. The van der Waals surface area contributed by atoms with Gasteiger partial charge in [-0.2, -0.15) is 0 Å². The third-order valence-electron chi connectivity index (χ3n) is 5.24. The molecule has 4 rings (SSSR count). The van der Waals surface area contributed by atoms with E-state index in [1.165, 1.54) is 19.3 Å². The van der Waals surface area contributed by atoms with Gasteiger partial charge in [-0.1, -0.05) is 55.8 Å². The second-order valence-electron chi connectivity index (χ2n) is 7.05. The first kappa shape index (κ1) is 17.7. The monoisotopic (exact) mass is 384 g/mol. The molecule has 1 saturated heterocycles. The number of amides is 1. The summed E-state index contributed by atoms with van der Waals surface area (Å²) in [5.41, 5.74) is 1.02. The Kier molecular flexibility index (Phi) is 5.36. The molecule has 0 bridgehead atoms. The lowest BCUT2D eigenvalue weighted by Gasteiger charge is -2.39. The van der Waals surface area contributed by atoms with E-state index in [2.05, 4.69) is 40.7 Å². The van der Waals surface area contributed by atoms with Crippen LogP contribution in [0.1, 0.15) is 37.5 Å². The van der Waals surface area contributed by atoms with Crippen LogP contribution in [-0.2, 0) is 4.79 Å². The molecule has 1 aromatic heterocycles. The van der Waals surface area contributed by atoms with E-state index < -0.39 is 0 Å². The number of nitrogens with zero attached hydrogens (tertiary/aromatic N) is 1. The van der Waals surface area contributed by atoms with Gasteiger partial charge in [0.2, 0.25) is 0 Å². The molecule has 2 aromatic rings. The maximum absolute atomic E-state index is 13.3. The highest BCUT2D eigenvalue weighted by molar-refractivity contribution is 8.05. The Morgan fingerprint density at radius 3 is 2.65 bits per heavy atom. The van der Waals surface area contributed by atoms with E-state index in [1.54, 1.807) is 23.1 Å². The predicted octanol–water partition coefficient (Wildman–Crippen LogP) is 5.64. The molecule has 3 nitrogen and oxygen atoms in total. The third-order valence-corrected chi connectivity index (χ3v) is 7.17. The Morgan fingerprint density at radius 2 is 1.92 bits per heavy atom. The Bertz CT molecular complexity index is 773. The number of hydrogen-bond acceptors (Lipinski definition) is 4. The third kappa shape index (κ3) is 3.69. The van der Waals surface area contributed by atoms with Crippen molar-refractivity contribution in [3.63, 3.8) is 0 Å². The van der Waals surface area contributed by atoms with Crippen molar-refractivity contribution in [2.75, 3.05) is 5.32 Å². The van der Waals surface area contributed by atoms with Crippen LogP contribution in [0.5, 0.6) is 0 Å². The molecule has 2 fully saturated rings. The van der Waals surface area contributed by atoms with Crippen molar-refractivity contribution in [3.05, 3.63) is 57.6 Å². The van der Waals surface area contributed by atoms with Gasteiger partial charge < -0.3 is 10.2 Å². The van der Waals surface area contributed by atoms with Crippen LogP contribution in [0, 0.1) is 5.92 Å². The van der Waals surface area contributed by atoms with Gasteiger partial charge in [-0.3, -0.25) is 4.79 Å². The topological polar surface area (TPSA) is 32.3 Å². The average molecular weight is 385 g/mol. The minimum Gasteiger partial charge on any atom is -0.356 e. The number of thiophene rings is 1. The van der Waals surface area contributed by atoms with Crippen LogP contribution < -0.4 is 5.32 Å². The van der Waals surface area contributed by atoms with Gasteiger partial charge in [-0.05, 0) is 48.4 Å². The van der Waals surface area contributed by atoms with Crippen LogP contribution in [0.15, 0.2) is 52.7 Å². The lowest BCUT2D eigenvalue weighted by Crippen LogP contribution is -2.48. The molecule has 3 atom stereocenters. The second-order valence-corrected chi connectivity index (χ2v) is 9.15. The van der Waals surface area contributed by atoms with Crippen molar-refractivity contribution in [1.82, 2.24) is 4.90 Å². The summed E-state index contributed by atoms with van der Waals surface area (Å²) in [6.45, 7) is 2.29. The molecule has 26 heavy (non-hydrogen) atoms. The van der Waals surface area contributed by atoms with E-state index in [0.717, 1.165) is 21.9 Å². The quantitative estimate of drug-likeness (QED) is 0.693. The van der Waals surface area contributed by atoms with Gasteiger partial charge in [0.15, 0.2) is 5.50 Å². The van der Waals surface area contributed by atoms with Crippen molar-refractivity contribution in [3.8, 4) is 0 Å². The summed E-state index contributed by atoms with van der Waals surface area (Å²) >= 11 is 3.32. The molecular weight excluding hydrogens is 360 g/mol. The maximum atomic E-state index is 13.3. The van der Waals surface area contributed by atoms with Gasteiger partial charge in [0, 0.05) is 16.6 Å². The molecule has 2 aliphatic rings. The van der Waals surface area contributed by atoms with E-state index in [1.807, 2.05) is 30.3 Å². The molecule has 1 aliphatic heterocycles. The molecule has 5 heteroatoms. The normalized spacial score (nSPS) is 27.9. The predicted molar refractivity (Wildman–Crippen MR) is 112 cm³/mol. The van der Waals surface area contributed by atoms with Gasteiger partial charge in [-0.15, -0.1) is 11.3 Å². The van der Waals surface area contributed by atoms with Crippen molar-refractivity contribution >= 4 is 40.8 Å². The minimum absolute atomic E-state index is 0.0401. The first-order valence-corrected chi connectivity index (χ1v) is 11.0. The Labute approximate surface area is 163 Å². The van der Waals surface area contributed by atoms with Gasteiger partial charge in [0.05, 0.1) is 4.91 Å². The molecule has 1 saturated carbocycles. The van der Waals surface area contributed by atoms with Crippen LogP contribution in [0.25, 0.3) is 6.08 Å². The van der Waals surface area contributed by atoms with Crippen molar-refractivity contribution in [2.24, 2.45) is 5.92 Å². The summed E-state index contributed by atoms with van der Waals surface area (Å²) in [7, 11) is 0. The van der Waals surface area contributed by atoms with E-state index >= 15 is 0 Å². The standard InChI is InChI=1S/C21H24N2OS2/c1-15-8-5-6-12-18(15)23-20(24)19(14-17-11-7-13-25-17)26-21(23)22-16-9-3-2-4-10-16/h2-4,7,9-11,13-15,18,21-22H,5-6,8,12H2,1H3/b19-14-/t15-,18-,21?/m0/s1. The van der Waals surface area contributed by atoms with E-state index in [0.29, 0.717) is 12.0 Å². The minimum atomic E-state index is -0.0401. The van der Waals surface area contributed by atoms with Crippen LogP contribution in [-0.4, -0.2) is 22.3 Å². The zero-order chi connectivity index (χ0) is 17.9. The summed E-state index contributed by atoms with van der Waals surface area (Å²) in [5.74, 6) is 0.727. The smallest absolute Gasteiger partial charge is 0.263 e. The fourth-order valence-electron chi connectivity index (χ4n) is 3.87. The van der Waals surface area contributed by atoms with E-state index in [9.17, 15) is 4.79 Å². The number of para-hydroxylation sites is 1. The SMILES string of the molecule is C[C@H]1CCCC[C@@H]1N1C(=O)/C(=C/c2cccs2)SC1Nc1ccccc1. The highest BCUT2D eigenvalue weighted by Crippen LogP contribution is 2.42. The maximum Gasteiger partial charge on any atom is 0.263 e. The Hall–Kier alpha value is -1.72. The number of carbonyl (C=O) groups is 1. The van der Waals surface area contributed by atoms with Gasteiger partial charge in [0.1, 0.15) is 0 Å². The van der Waals surface area contributed by atoms with Crippen LogP contribution in [0.3, 0.4) is 0 Å². The average Bonchev–Trinajstić information content (AvgIpc) is 3.26. The Balaban J connectivity index is 1.63. The molecule has 2 heterocycles. The highest BCUT2D eigenvalue weighted by Gasteiger charge is 2.42. The number of thioether (sulfide) groups is 1. The first-order chi connectivity index (χ1) is 12.7. The van der Waals surface area contributed by atoms with Gasteiger partial charge >= 0.3 is 0 Å². The van der Waals surface area contributed by atoms with Crippen molar-refractivity contribution < 1.29 is 4.79 Å². The Morgan fingerprint density at radius 1 is 1.12 bits per heavy atom. The fraction of sp³-hybridized carbons (Fsp3) is 0.381. The first-order valence-electron chi connectivity index (χ1n) is 9.28. The lowest BCUT2D eigenvalue weighted by atomic mass is 9.85. The molecule has 1 N–H and O–H groups in total.